The molecule has 1 amide bonds. The van der Waals surface area contributed by atoms with Gasteiger partial charge in [0, 0.05) is 13.1 Å². The van der Waals surface area contributed by atoms with Gasteiger partial charge in [-0.3, -0.25) is 9.59 Å². The van der Waals surface area contributed by atoms with E-state index in [1.807, 2.05) is 0 Å². The molecule has 1 saturated heterocycles. The van der Waals surface area contributed by atoms with E-state index in [1.165, 1.54) is 33.8 Å². The van der Waals surface area contributed by atoms with E-state index in [9.17, 15) is 14.0 Å². The second kappa shape index (κ2) is 7.41. The lowest BCUT2D eigenvalue weighted by atomic mass is 10.1. The van der Waals surface area contributed by atoms with Crippen molar-refractivity contribution in [3.8, 4) is 5.69 Å². The SMILES string of the molecule is Cc1nn(-c2ccc(F)cc2)c(Cl)c1C(=O)N1CCC(C(=O)O)C1.Cl. The lowest BCUT2D eigenvalue weighted by Gasteiger charge is -2.15. The number of hydrogen-bond acceptors (Lipinski definition) is 3. The quantitative estimate of drug-likeness (QED) is 0.878. The van der Waals surface area contributed by atoms with Crippen LogP contribution in [0.25, 0.3) is 5.69 Å². The van der Waals surface area contributed by atoms with Crippen LogP contribution in [-0.2, 0) is 4.79 Å². The Balaban J connectivity index is 0.00000225. The van der Waals surface area contributed by atoms with Gasteiger partial charge in [-0.05, 0) is 37.6 Å². The third kappa shape index (κ3) is 3.62. The van der Waals surface area contributed by atoms with Gasteiger partial charge in [-0.25, -0.2) is 9.07 Å². The van der Waals surface area contributed by atoms with Crippen LogP contribution in [0.3, 0.4) is 0 Å². The number of benzene rings is 1. The number of nitrogens with zero attached hydrogens (tertiary/aromatic N) is 3. The summed E-state index contributed by atoms with van der Waals surface area (Å²) in [6, 6.07) is 5.58. The average Bonchev–Trinajstić information content (AvgIpc) is 3.13. The summed E-state index contributed by atoms with van der Waals surface area (Å²) in [4.78, 5) is 25.2. The van der Waals surface area contributed by atoms with Gasteiger partial charge >= 0.3 is 5.97 Å². The number of hydrogen-bond donors (Lipinski definition) is 1. The number of carbonyl (C=O) groups is 2. The number of carboxylic acid groups (broad SMARTS) is 1. The molecule has 1 unspecified atom stereocenters. The van der Waals surface area contributed by atoms with Gasteiger partial charge < -0.3 is 10.0 Å². The highest BCUT2D eigenvalue weighted by Gasteiger charge is 2.34. The molecular weight excluding hydrogens is 372 g/mol. The molecule has 0 spiro atoms. The summed E-state index contributed by atoms with van der Waals surface area (Å²) in [6.07, 6.45) is 0.420. The van der Waals surface area contributed by atoms with Gasteiger partial charge in [-0.1, -0.05) is 11.6 Å². The summed E-state index contributed by atoms with van der Waals surface area (Å²) in [6.45, 7) is 2.18. The second-order valence-electron chi connectivity index (χ2n) is 5.71. The lowest BCUT2D eigenvalue weighted by Crippen LogP contribution is -2.30. The molecule has 0 bridgehead atoms. The minimum absolute atomic E-state index is 0. The van der Waals surface area contributed by atoms with E-state index in [1.54, 1.807) is 6.92 Å². The maximum absolute atomic E-state index is 13.1. The molecule has 1 N–H and O–H groups in total. The van der Waals surface area contributed by atoms with Gasteiger partial charge in [0.05, 0.1) is 22.9 Å². The van der Waals surface area contributed by atoms with Crippen molar-refractivity contribution in [1.82, 2.24) is 14.7 Å². The molecule has 25 heavy (non-hydrogen) atoms. The van der Waals surface area contributed by atoms with Crippen LogP contribution < -0.4 is 0 Å². The summed E-state index contributed by atoms with van der Waals surface area (Å²) in [5, 5.41) is 13.4. The first kappa shape index (κ1) is 19.2. The van der Waals surface area contributed by atoms with Crippen LogP contribution in [0, 0.1) is 18.7 Å². The molecule has 1 aromatic carbocycles. The van der Waals surface area contributed by atoms with Gasteiger partial charge in [0.1, 0.15) is 11.0 Å². The molecule has 3 rings (SSSR count). The topological polar surface area (TPSA) is 75.4 Å². The smallest absolute Gasteiger partial charge is 0.308 e. The number of aliphatic carboxylic acids is 1. The number of halogens is 3. The zero-order chi connectivity index (χ0) is 17.4. The molecule has 1 aliphatic heterocycles. The summed E-state index contributed by atoms with van der Waals surface area (Å²) in [7, 11) is 0. The highest BCUT2D eigenvalue weighted by molar-refractivity contribution is 6.33. The van der Waals surface area contributed by atoms with Crippen LogP contribution in [-0.4, -0.2) is 44.8 Å². The van der Waals surface area contributed by atoms with Gasteiger partial charge in [-0.2, -0.15) is 5.10 Å². The van der Waals surface area contributed by atoms with E-state index in [0.29, 0.717) is 24.3 Å². The van der Waals surface area contributed by atoms with E-state index in [4.69, 9.17) is 16.7 Å². The zero-order valence-electron chi connectivity index (χ0n) is 13.3. The van der Waals surface area contributed by atoms with Gasteiger partial charge in [0.2, 0.25) is 0 Å². The van der Waals surface area contributed by atoms with Crippen LogP contribution in [0.4, 0.5) is 4.39 Å². The molecular formula is C16H16Cl2FN3O3. The van der Waals surface area contributed by atoms with Crippen molar-refractivity contribution in [3.05, 3.63) is 46.5 Å². The first-order valence-corrected chi connectivity index (χ1v) is 7.79. The zero-order valence-corrected chi connectivity index (χ0v) is 14.9. The third-order valence-electron chi connectivity index (χ3n) is 4.11. The normalized spacial score (nSPS) is 16.6. The van der Waals surface area contributed by atoms with E-state index >= 15 is 0 Å². The predicted octanol–water partition coefficient (Wildman–Crippen LogP) is 2.94. The van der Waals surface area contributed by atoms with Crippen molar-refractivity contribution in [3.63, 3.8) is 0 Å². The molecule has 134 valence electrons. The van der Waals surface area contributed by atoms with Crippen molar-refractivity contribution in [2.24, 2.45) is 5.92 Å². The summed E-state index contributed by atoms with van der Waals surface area (Å²) in [5.74, 6) is -2.18. The Bertz CT molecular complexity index is 808. The Morgan fingerprint density at radius 1 is 1.32 bits per heavy atom. The maximum Gasteiger partial charge on any atom is 0.308 e. The Labute approximate surface area is 154 Å². The Morgan fingerprint density at radius 3 is 2.52 bits per heavy atom. The number of rotatable bonds is 3. The lowest BCUT2D eigenvalue weighted by molar-refractivity contribution is -0.141. The second-order valence-corrected chi connectivity index (χ2v) is 6.07. The Kier molecular flexibility index (Phi) is 5.69. The molecule has 0 saturated carbocycles. The number of amides is 1. The van der Waals surface area contributed by atoms with Crippen molar-refractivity contribution >= 4 is 35.9 Å². The number of aromatic nitrogens is 2. The maximum atomic E-state index is 13.1. The summed E-state index contributed by atoms with van der Waals surface area (Å²) < 4.78 is 14.4. The highest BCUT2D eigenvalue weighted by atomic mass is 35.5. The first-order chi connectivity index (χ1) is 11.4. The summed E-state index contributed by atoms with van der Waals surface area (Å²) >= 11 is 6.32. The predicted molar refractivity (Wildman–Crippen MR) is 92.2 cm³/mol. The number of carbonyl (C=O) groups excluding carboxylic acids is 1. The minimum atomic E-state index is -0.907. The standard InChI is InChI=1S/C16H15ClFN3O3.ClH/c1-9-13(15(22)20-7-6-10(8-20)16(23)24)14(17)21(19-9)12-4-2-11(18)3-5-12;/h2-5,10H,6-8H2,1H3,(H,23,24);1H. The third-order valence-corrected chi connectivity index (χ3v) is 4.46. The Hall–Kier alpha value is -2.12. The molecule has 1 aliphatic rings. The monoisotopic (exact) mass is 387 g/mol. The molecule has 2 heterocycles. The molecule has 2 aromatic rings. The average molecular weight is 388 g/mol. The number of carboxylic acids is 1. The molecule has 0 radical (unpaired) electrons. The molecule has 6 nitrogen and oxygen atoms in total. The molecule has 1 atom stereocenters. The van der Waals surface area contributed by atoms with Crippen molar-refractivity contribution < 1.29 is 19.1 Å². The number of aryl methyl sites for hydroxylation is 1. The van der Waals surface area contributed by atoms with E-state index in [2.05, 4.69) is 5.10 Å². The van der Waals surface area contributed by atoms with Crippen LogP contribution >= 0.6 is 24.0 Å². The van der Waals surface area contributed by atoms with Crippen molar-refractivity contribution in [1.29, 1.82) is 0 Å². The molecule has 0 aliphatic carbocycles. The van der Waals surface area contributed by atoms with Gasteiger partial charge in [-0.15, -0.1) is 12.4 Å². The first-order valence-electron chi connectivity index (χ1n) is 7.41. The molecule has 1 aromatic heterocycles. The summed E-state index contributed by atoms with van der Waals surface area (Å²) in [5.41, 5.74) is 1.22. The van der Waals surface area contributed by atoms with E-state index in [-0.39, 0.29) is 41.4 Å². The van der Waals surface area contributed by atoms with Crippen LogP contribution in [0.2, 0.25) is 5.15 Å². The van der Waals surface area contributed by atoms with Crippen LogP contribution in [0.1, 0.15) is 22.5 Å². The Morgan fingerprint density at radius 2 is 1.96 bits per heavy atom. The highest BCUT2D eigenvalue weighted by Crippen LogP contribution is 2.27. The van der Waals surface area contributed by atoms with E-state index < -0.39 is 11.9 Å². The van der Waals surface area contributed by atoms with Gasteiger partial charge in [0.25, 0.3) is 5.91 Å². The van der Waals surface area contributed by atoms with Crippen molar-refractivity contribution in [2.45, 2.75) is 13.3 Å². The van der Waals surface area contributed by atoms with Crippen LogP contribution in [0.15, 0.2) is 24.3 Å². The fraction of sp³-hybridized carbons (Fsp3) is 0.312. The molecule has 1 fully saturated rings. The number of likely N-dealkylation sites (tertiary alicyclic amines) is 1. The van der Waals surface area contributed by atoms with Crippen LogP contribution in [0.5, 0.6) is 0 Å². The van der Waals surface area contributed by atoms with Crippen molar-refractivity contribution in [2.75, 3.05) is 13.1 Å². The largest absolute Gasteiger partial charge is 0.481 e. The molecule has 9 heteroatoms. The van der Waals surface area contributed by atoms with Gasteiger partial charge in [0.15, 0.2) is 0 Å². The van der Waals surface area contributed by atoms with E-state index in [0.717, 1.165) is 0 Å². The fourth-order valence-electron chi connectivity index (χ4n) is 2.80. The minimum Gasteiger partial charge on any atom is -0.481 e. The fourth-order valence-corrected chi connectivity index (χ4v) is 3.15.